The molecule has 1 saturated heterocycles. The van der Waals surface area contributed by atoms with E-state index >= 15 is 0 Å². The van der Waals surface area contributed by atoms with E-state index in [1.807, 2.05) is 0 Å². The second kappa shape index (κ2) is 3.94. The van der Waals surface area contributed by atoms with Crippen LogP contribution in [0.15, 0.2) is 0 Å². The quantitative estimate of drug-likeness (QED) is 0.598. The van der Waals surface area contributed by atoms with Crippen molar-refractivity contribution in [1.29, 1.82) is 0 Å². The van der Waals surface area contributed by atoms with E-state index in [2.05, 4.69) is 12.2 Å². The fraction of sp³-hybridized carbons (Fsp3) is 1.00. The highest BCUT2D eigenvalue weighted by Crippen LogP contribution is 2.15. The largest absolute Gasteiger partial charge is 0.393 e. The highest BCUT2D eigenvalue weighted by Gasteiger charge is 2.20. The summed E-state index contributed by atoms with van der Waals surface area (Å²) in [6.07, 6.45) is 3.24. The molecule has 0 unspecified atom stereocenters. The number of aliphatic hydroxyl groups is 1. The minimum Gasteiger partial charge on any atom is -0.393 e. The first-order valence-electron chi connectivity index (χ1n) is 4.23. The van der Waals surface area contributed by atoms with Crippen LogP contribution in [0.25, 0.3) is 0 Å². The third-order valence-electron chi connectivity index (χ3n) is 2.23. The lowest BCUT2D eigenvalue weighted by atomic mass is 9.92. The van der Waals surface area contributed by atoms with Crippen LogP contribution in [0.3, 0.4) is 0 Å². The first-order chi connectivity index (χ1) is 4.84. The van der Waals surface area contributed by atoms with Gasteiger partial charge in [-0.3, -0.25) is 0 Å². The summed E-state index contributed by atoms with van der Waals surface area (Å²) in [6.45, 7) is 4.16. The van der Waals surface area contributed by atoms with Crippen LogP contribution in [0, 0.1) is 5.92 Å². The Morgan fingerprint density at radius 3 is 3.00 bits per heavy atom. The minimum atomic E-state index is -0.0406. The summed E-state index contributed by atoms with van der Waals surface area (Å²) in [6, 6.07) is 0. The van der Waals surface area contributed by atoms with Crippen molar-refractivity contribution in [3.63, 3.8) is 0 Å². The Morgan fingerprint density at radius 1 is 1.60 bits per heavy atom. The summed E-state index contributed by atoms with van der Waals surface area (Å²) in [5.41, 5.74) is 0. The Hall–Kier alpha value is -0.0800. The van der Waals surface area contributed by atoms with Crippen LogP contribution in [-0.2, 0) is 0 Å². The van der Waals surface area contributed by atoms with Crippen molar-refractivity contribution in [1.82, 2.24) is 5.32 Å². The van der Waals surface area contributed by atoms with E-state index in [4.69, 9.17) is 0 Å². The van der Waals surface area contributed by atoms with Gasteiger partial charge in [0.2, 0.25) is 0 Å². The van der Waals surface area contributed by atoms with Crippen molar-refractivity contribution in [2.24, 2.45) is 5.92 Å². The fourth-order valence-electron chi connectivity index (χ4n) is 1.57. The van der Waals surface area contributed by atoms with Crippen LogP contribution >= 0.6 is 0 Å². The third kappa shape index (κ3) is 1.96. The van der Waals surface area contributed by atoms with Gasteiger partial charge in [-0.05, 0) is 25.3 Å². The van der Waals surface area contributed by atoms with E-state index in [1.165, 1.54) is 6.42 Å². The standard InChI is InChI=1S/C8H17NO/c1-2-3-7-6-9-5-4-8(7)10/h7-10H,2-6H2,1H3/t7-,8-/m0/s1. The average Bonchev–Trinajstić information content (AvgIpc) is 1.94. The van der Waals surface area contributed by atoms with Gasteiger partial charge < -0.3 is 10.4 Å². The molecule has 0 aliphatic carbocycles. The molecule has 0 aromatic carbocycles. The molecule has 0 spiro atoms. The molecule has 0 bridgehead atoms. The summed E-state index contributed by atoms with van der Waals surface area (Å²) in [5.74, 6) is 0.513. The maximum Gasteiger partial charge on any atom is 0.0592 e. The molecule has 0 saturated carbocycles. The molecular weight excluding hydrogens is 126 g/mol. The van der Waals surface area contributed by atoms with Crippen molar-refractivity contribution in [2.75, 3.05) is 13.1 Å². The minimum absolute atomic E-state index is 0.0406. The molecule has 10 heavy (non-hydrogen) atoms. The molecule has 2 heteroatoms. The number of hydrogen-bond donors (Lipinski definition) is 2. The molecule has 0 aromatic heterocycles. The lowest BCUT2D eigenvalue weighted by molar-refractivity contribution is 0.0741. The predicted molar refractivity (Wildman–Crippen MR) is 41.9 cm³/mol. The normalized spacial score (nSPS) is 34.2. The highest BCUT2D eigenvalue weighted by molar-refractivity contribution is 4.76. The zero-order valence-electron chi connectivity index (χ0n) is 6.64. The Bertz CT molecular complexity index is 93.3. The van der Waals surface area contributed by atoms with Gasteiger partial charge in [-0.2, -0.15) is 0 Å². The van der Waals surface area contributed by atoms with E-state index < -0.39 is 0 Å². The zero-order chi connectivity index (χ0) is 7.40. The van der Waals surface area contributed by atoms with Gasteiger partial charge in [0.15, 0.2) is 0 Å². The summed E-state index contributed by atoms with van der Waals surface area (Å²) in [5, 5.41) is 12.8. The third-order valence-corrected chi connectivity index (χ3v) is 2.23. The molecule has 2 N–H and O–H groups in total. The van der Waals surface area contributed by atoms with E-state index in [0.29, 0.717) is 5.92 Å². The molecule has 0 radical (unpaired) electrons. The second-order valence-electron chi connectivity index (χ2n) is 3.11. The molecule has 2 nitrogen and oxygen atoms in total. The van der Waals surface area contributed by atoms with Crippen molar-refractivity contribution in [3.8, 4) is 0 Å². The molecule has 1 fully saturated rings. The average molecular weight is 143 g/mol. The molecule has 60 valence electrons. The fourth-order valence-corrected chi connectivity index (χ4v) is 1.57. The number of nitrogens with one attached hydrogen (secondary N) is 1. The van der Waals surface area contributed by atoms with Gasteiger partial charge in [-0.25, -0.2) is 0 Å². The molecule has 1 aliphatic heterocycles. The summed E-state index contributed by atoms with van der Waals surface area (Å²) < 4.78 is 0. The topological polar surface area (TPSA) is 32.3 Å². The highest BCUT2D eigenvalue weighted by atomic mass is 16.3. The van der Waals surface area contributed by atoms with Crippen LogP contribution in [0.2, 0.25) is 0 Å². The molecular formula is C8H17NO. The summed E-state index contributed by atoms with van der Waals surface area (Å²) in [7, 11) is 0. The number of aliphatic hydroxyl groups excluding tert-OH is 1. The van der Waals surface area contributed by atoms with Gasteiger partial charge in [-0.15, -0.1) is 0 Å². The van der Waals surface area contributed by atoms with Crippen molar-refractivity contribution in [2.45, 2.75) is 32.3 Å². The molecule has 1 rings (SSSR count). The van der Waals surface area contributed by atoms with Crippen molar-refractivity contribution in [3.05, 3.63) is 0 Å². The van der Waals surface area contributed by atoms with Gasteiger partial charge in [-0.1, -0.05) is 13.3 Å². The maximum absolute atomic E-state index is 9.46. The van der Waals surface area contributed by atoms with Crippen LogP contribution in [0.1, 0.15) is 26.2 Å². The Labute approximate surface area is 62.6 Å². The van der Waals surface area contributed by atoms with Gasteiger partial charge in [0.1, 0.15) is 0 Å². The van der Waals surface area contributed by atoms with Crippen LogP contribution in [0.5, 0.6) is 0 Å². The molecule has 1 aliphatic rings. The summed E-state index contributed by atoms with van der Waals surface area (Å²) in [4.78, 5) is 0. The van der Waals surface area contributed by atoms with Crippen LogP contribution in [-0.4, -0.2) is 24.3 Å². The zero-order valence-corrected chi connectivity index (χ0v) is 6.64. The number of rotatable bonds is 2. The molecule has 0 amide bonds. The SMILES string of the molecule is CCC[C@H]1CNCC[C@@H]1O. The molecule has 1 heterocycles. The van der Waals surface area contributed by atoms with E-state index in [0.717, 1.165) is 25.9 Å². The predicted octanol–water partition coefficient (Wildman–Crippen LogP) is 0.757. The van der Waals surface area contributed by atoms with Crippen LogP contribution < -0.4 is 5.32 Å². The number of piperidine rings is 1. The smallest absolute Gasteiger partial charge is 0.0592 e. The van der Waals surface area contributed by atoms with Gasteiger partial charge >= 0.3 is 0 Å². The van der Waals surface area contributed by atoms with E-state index in [9.17, 15) is 5.11 Å². The van der Waals surface area contributed by atoms with E-state index in [-0.39, 0.29) is 6.10 Å². The molecule has 2 atom stereocenters. The lowest BCUT2D eigenvalue weighted by Gasteiger charge is -2.27. The molecule has 0 aromatic rings. The van der Waals surface area contributed by atoms with Gasteiger partial charge in [0, 0.05) is 6.54 Å². The van der Waals surface area contributed by atoms with Crippen molar-refractivity contribution >= 4 is 0 Å². The van der Waals surface area contributed by atoms with Gasteiger partial charge in [0.25, 0.3) is 0 Å². The second-order valence-corrected chi connectivity index (χ2v) is 3.11. The first kappa shape index (κ1) is 8.02. The number of hydrogen-bond acceptors (Lipinski definition) is 2. The Balaban J connectivity index is 2.25. The van der Waals surface area contributed by atoms with Gasteiger partial charge in [0.05, 0.1) is 6.10 Å². The first-order valence-corrected chi connectivity index (χ1v) is 4.23. The Morgan fingerprint density at radius 2 is 2.40 bits per heavy atom. The lowest BCUT2D eigenvalue weighted by Crippen LogP contribution is -2.39. The van der Waals surface area contributed by atoms with E-state index in [1.54, 1.807) is 0 Å². The summed E-state index contributed by atoms with van der Waals surface area (Å²) >= 11 is 0. The monoisotopic (exact) mass is 143 g/mol. The van der Waals surface area contributed by atoms with Crippen LogP contribution in [0.4, 0.5) is 0 Å². The Kier molecular flexibility index (Phi) is 3.16. The maximum atomic E-state index is 9.46. The van der Waals surface area contributed by atoms with Crippen molar-refractivity contribution < 1.29 is 5.11 Å².